The van der Waals surface area contributed by atoms with Crippen molar-refractivity contribution in [2.45, 2.75) is 80.1 Å². The van der Waals surface area contributed by atoms with Gasteiger partial charge in [-0.25, -0.2) is 41.3 Å². The second kappa shape index (κ2) is 39.4. The summed E-state index contributed by atoms with van der Waals surface area (Å²) in [5.74, 6) is -22.0. The lowest BCUT2D eigenvalue weighted by molar-refractivity contribution is -0.127. The number of anilines is 3. The maximum atomic E-state index is 15.4. The van der Waals surface area contributed by atoms with E-state index in [0.29, 0.717) is 50.8 Å². The summed E-state index contributed by atoms with van der Waals surface area (Å²) in [6.45, 7) is 29.8. The molecule has 12 aromatic rings. The lowest BCUT2D eigenvalue weighted by Crippen LogP contribution is -2.49. The number of aromatic hydroxyl groups is 3. The molecule has 3 N–H and O–H groups in total. The van der Waals surface area contributed by atoms with E-state index in [4.69, 9.17) is 69.6 Å². The van der Waals surface area contributed by atoms with Crippen LogP contribution in [0.1, 0.15) is 110 Å². The number of hydrogen-bond acceptors (Lipinski definition) is 21. The zero-order valence-corrected chi connectivity index (χ0v) is 77.3. The van der Waals surface area contributed by atoms with Crippen LogP contribution in [0.2, 0.25) is 30.1 Å². The molecule has 12 heterocycles. The largest absolute Gasteiger partial charge is 0.504 e. The molecule has 3 fully saturated rings. The smallest absolute Gasteiger partial charge is 0.276 e. The molecule has 0 bridgehead atoms. The van der Waals surface area contributed by atoms with E-state index in [1.165, 1.54) is 45.6 Å². The molecule has 696 valence electrons. The summed E-state index contributed by atoms with van der Waals surface area (Å²) >= 11 is 37.7. The molecule has 9 aromatic heterocycles. The predicted molar refractivity (Wildman–Crippen MR) is 494 cm³/mol. The lowest BCUT2D eigenvalue weighted by atomic mass is 10.0. The zero-order valence-electron chi connectivity index (χ0n) is 72.8. The van der Waals surface area contributed by atoms with Gasteiger partial charge in [-0.05, 0) is 110 Å². The van der Waals surface area contributed by atoms with Crippen LogP contribution < -0.4 is 31.4 Å². The van der Waals surface area contributed by atoms with Crippen molar-refractivity contribution in [1.29, 1.82) is 15.8 Å². The summed E-state index contributed by atoms with van der Waals surface area (Å²) in [6, 6.07) is 15.0. The normalized spacial score (nSPS) is 13.4. The third-order valence-corrected chi connectivity index (χ3v) is 24.9. The summed E-state index contributed by atoms with van der Waals surface area (Å²) < 4.78 is 134. The van der Waals surface area contributed by atoms with Gasteiger partial charge in [0, 0.05) is 113 Å². The summed E-state index contributed by atoms with van der Waals surface area (Å²) in [6.07, 6.45) is 8.30. The Bertz CT molecular complexity index is 6650. The van der Waals surface area contributed by atoms with Gasteiger partial charge in [0.15, 0.2) is 52.2 Å². The number of aromatic nitrogens is 9. The highest BCUT2D eigenvalue weighted by molar-refractivity contribution is 6.38. The molecule has 3 aliphatic rings. The molecule has 3 saturated heterocycles. The zero-order chi connectivity index (χ0) is 98.7. The third-order valence-electron chi connectivity index (χ3n) is 23.0. The van der Waals surface area contributed by atoms with Crippen LogP contribution in [-0.2, 0) is 14.4 Å². The van der Waals surface area contributed by atoms with E-state index in [2.05, 4.69) is 49.6 Å². The number of piperazine rings is 3. The Hall–Kier alpha value is -13.8. The van der Waals surface area contributed by atoms with Crippen LogP contribution in [0.15, 0.2) is 107 Å². The maximum absolute atomic E-state index is 15.4. The Kier molecular flexibility index (Phi) is 28.8. The molecular weight excluding hydrogens is 1900 g/mol. The minimum Gasteiger partial charge on any atom is -0.504 e. The average molecular weight is 1970 g/mol. The second-order valence-corrected chi connectivity index (χ2v) is 34.4. The summed E-state index contributed by atoms with van der Waals surface area (Å²) in [5.41, 5.74) is -2.44. The average Bonchev–Trinajstić information content (AvgIpc) is 0.728. The molecule has 27 nitrogen and oxygen atoms in total. The second-order valence-electron chi connectivity index (χ2n) is 32.0. The number of carbonyl (C=O) groups is 3. The van der Waals surface area contributed by atoms with E-state index in [0.717, 1.165) is 4.57 Å². The van der Waals surface area contributed by atoms with E-state index < -0.39 is 135 Å². The van der Waals surface area contributed by atoms with Gasteiger partial charge >= 0.3 is 0 Å². The van der Waals surface area contributed by atoms with Crippen molar-refractivity contribution >= 4 is 137 Å². The first-order valence-electron chi connectivity index (χ1n) is 41.1. The van der Waals surface area contributed by atoms with Crippen LogP contribution in [-0.4, -0.2) is 170 Å². The van der Waals surface area contributed by atoms with Crippen molar-refractivity contribution in [2.75, 3.05) is 93.2 Å². The van der Waals surface area contributed by atoms with Crippen molar-refractivity contribution in [3.63, 3.8) is 0 Å². The first-order chi connectivity index (χ1) is 64.0. The third kappa shape index (κ3) is 17.5. The SMILES string of the molecule is C=CC(=O)N1CCN(c2c(C#N)c(=O)n(-c3c(C)ccnc3C(C)C)c3nc(-c4c(O)c(F)c(F)c(Cl)c4F)c(Cl)cc23)CC1.C=CC(=O)N1CCN(c2c(C#N)c(=O)n(-c3c(C)ccnc3C(C)C)c3nc(-c4c(O)c(F)c(F)c(F)c4Cl)c(Cl)cc23)CC1.C=CC(=O)N1CCN(c2c(C#N)c(=O)n(-c3c(C)ccnc3C(C)C)c3nc(-c4c(O)c(F)c(F)c(F)c4Cl)c(Cl)cc23)CC1. The van der Waals surface area contributed by atoms with Crippen LogP contribution in [0.25, 0.3) is 83.9 Å². The highest BCUT2D eigenvalue weighted by Crippen LogP contribution is 2.50. The molecular formula is C93H75Cl6F9N18O9. The number of phenols is 3. The quantitative estimate of drug-likeness (QED) is 0.0371. The van der Waals surface area contributed by atoms with Crippen LogP contribution >= 0.6 is 69.6 Å². The lowest BCUT2D eigenvalue weighted by Gasteiger charge is -2.36. The maximum Gasteiger partial charge on any atom is 0.276 e. The van der Waals surface area contributed by atoms with Gasteiger partial charge < -0.3 is 44.7 Å². The van der Waals surface area contributed by atoms with Gasteiger partial charge in [0.25, 0.3) is 16.7 Å². The molecule has 0 unspecified atom stereocenters. The van der Waals surface area contributed by atoms with E-state index in [-0.39, 0.29) is 196 Å². The molecule has 0 saturated carbocycles. The van der Waals surface area contributed by atoms with E-state index in [1.54, 1.807) is 87.0 Å². The molecule has 0 aliphatic carbocycles. The fourth-order valence-corrected chi connectivity index (χ4v) is 17.9. The summed E-state index contributed by atoms with van der Waals surface area (Å²) in [7, 11) is 0. The van der Waals surface area contributed by atoms with Gasteiger partial charge in [-0.1, -0.05) is 131 Å². The Morgan fingerprint density at radius 1 is 0.378 bits per heavy atom. The van der Waals surface area contributed by atoms with Gasteiger partial charge in [-0.2, -0.15) is 29.0 Å². The number of phenolic OH excluding ortho intramolecular Hbond substituents is 3. The number of nitriles is 3. The number of nitrogens with zero attached hydrogens (tertiary/aromatic N) is 18. The van der Waals surface area contributed by atoms with Crippen LogP contribution in [0.3, 0.4) is 0 Å². The number of rotatable bonds is 15. The summed E-state index contributed by atoms with van der Waals surface area (Å²) in [5, 5.41) is 59.1. The minimum absolute atomic E-state index is 0.100. The topological polar surface area (TPSA) is 346 Å². The molecule has 0 radical (unpaired) electrons. The highest BCUT2D eigenvalue weighted by atomic mass is 35.5. The Balaban J connectivity index is 0.000000171. The standard InChI is InChI=1S/3C31H25Cl2F3N6O3/c1-5-19(43)40-8-10-41(11-9-40)28-16-12-18(32)26(20-22(34)21(33)23(35)24(36)29(20)44)39-30(16)42(31(45)17(28)13-37)27-15(4)6-7-38-25(27)14(2)3;2*1-5-19(43)40-8-10-41(11-9-40)28-16-12-18(32)26(20-21(33)22(34)23(35)24(36)29(20)44)39-30(16)42(31(45)17(28)13-37)27-15(4)6-7-38-25(27)14(2)3/h3*5-7,12,14,44H,1,8-11H2,2-4H3. The number of hydrogen-bond donors (Lipinski definition) is 3. The molecule has 15 rings (SSSR count). The monoisotopic (exact) mass is 1970 g/mol. The van der Waals surface area contributed by atoms with Crippen molar-refractivity contribution in [1.82, 2.24) is 58.3 Å². The van der Waals surface area contributed by atoms with Gasteiger partial charge in [0.2, 0.25) is 35.2 Å². The molecule has 0 atom stereocenters. The first kappa shape index (κ1) is 98.7. The van der Waals surface area contributed by atoms with Crippen LogP contribution in [0, 0.1) is 107 Å². The van der Waals surface area contributed by atoms with Gasteiger partial charge in [0.05, 0.1) is 110 Å². The number of carbonyl (C=O) groups excluding carboxylic acids is 3. The van der Waals surface area contributed by atoms with Crippen molar-refractivity contribution in [2.24, 2.45) is 0 Å². The number of halogens is 15. The number of aryl methyl sites for hydroxylation is 3. The number of amides is 3. The fraction of sp³-hybridized carbons (Fsp3) is 0.258. The van der Waals surface area contributed by atoms with Crippen LogP contribution in [0.4, 0.5) is 56.6 Å². The molecule has 42 heteroatoms. The van der Waals surface area contributed by atoms with Gasteiger partial charge in [-0.3, -0.25) is 57.4 Å². The number of benzene rings is 3. The van der Waals surface area contributed by atoms with E-state index in [1.807, 2.05) is 59.8 Å². The molecule has 3 aromatic carbocycles. The van der Waals surface area contributed by atoms with E-state index >= 15 is 4.39 Å². The van der Waals surface area contributed by atoms with Crippen molar-refractivity contribution in [3.05, 3.63) is 257 Å². The highest BCUT2D eigenvalue weighted by Gasteiger charge is 2.39. The Morgan fingerprint density at radius 3 is 0.874 bits per heavy atom. The van der Waals surface area contributed by atoms with Crippen molar-refractivity contribution < 1.29 is 69.2 Å². The first-order valence-corrected chi connectivity index (χ1v) is 43.4. The fourth-order valence-electron chi connectivity index (χ4n) is 16.4. The van der Waals surface area contributed by atoms with Crippen LogP contribution in [0.5, 0.6) is 17.2 Å². The molecule has 3 aliphatic heterocycles. The molecule has 135 heavy (non-hydrogen) atoms. The van der Waals surface area contributed by atoms with Gasteiger partial charge in [0.1, 0.15) is 56.9 Å². The summed E-state index contributed by atoms with van der Waals surface area (Å²) in [4.78, 5) is 116. The Morgan fingerprint density at radius 2 is 0.622 bits per heavy atom. The molecule has 3 amide bonds. The Labute approximate surface area is 792 Å². The number of fused-ring (bicyclic) bond motifs is 3. The van der Waals surface area contributed by atoms with E-state index in [9.17, 15) is 95.0 Å². The van der Waals surface area contributed by atoms with Crippen molar-refractivity contribution in [3.8, 4) is 86.3 Å². The molecule has 0 spiro atoms. The minimum atomic E-state index is -1.99. The predicted octanol–water partition coefficient (Wildman–Crippen LogP) is 18.0. The number of pyridine rings is 9. The van der Waals surface area contributed by atoms with Gasteiger partial charge in [-0.15, -0.1) is 0 Å².